The van der Waals surface area contributed by atoms with Crippen LogP contribution in [-0.2, 0) is 11.4 Å². The summed E-state index contributed by atoms with van der Waals surface area (Å²) in [4.78, 5) is 12.3. The quantitative estimate of drug-likeness (QED) is 0.231. The van der Waals surface area contributed by atoms with Crippen LogP contribution in [-0.4, -0.2) is 24.8 Å². The van der Waals surface area contributed by atoms with Crippen molar-refractivity contribution in [3.05, 3.63) is 90.0 Å². The van der Waals surface area contributed by atoms with Gasteiger partial charge < -0.3 is 14.2 Å². The molecule has 3 aromatic carbocycles. The molecule has 0 aliphatic heterocycles. The van der Waals surface area contributed by atoms with Crippen molar-refractivity contribution in [2.24, 2.45) is 5.10 Å². The van der Waals surface area contributed by atoms with Crippen LogP contribution >= 0.6 is 0 Å². The van der Waals surface area contributed by atoms with E-state index in [0.717, 1.165) is 35.5 Å². The van der Waals surface area contributed by atoms with Gasteiger partial charge >= 0.3 is 0 Å². The molecule has 0 saturated heterocycles. The Balaban J connectivity index is 1.41. The summed E-state index contributed by atoms with van der Waals surface area (Å²) in [5.74, 6) is 1.79. The zero-order chi connectivity index (χ0) is 23.3. The van der Waals surface area contributed by atoms with E-state index in [9.17, 15) is 4.79 Å². The molecule has 0 aromatic heterocycles. The van der Waals surface area contributed by atoms with E-state index in [1.165, 1.54) is 0 Å². The molecule has 6 heteroatoms. The van der Waals surface area contributed by atoms with Gasteiger partial charge in [0.2, 0.25) is 0 Å². The zero-order valence-corrected chi connectivity index (χ0v) is 19.1. The Morgan fingerprint density at radius 2 is 1.55 bits per heavy atom. The van der Waals surface area contributed by atoms with Gasteiger partial charge in [0.1, 0.15) is 23.9 Å². The van der Waals surface area contributed by atoms with E-state index < -0.39 is 6.10 Å². The highest BCUT2D eigenvalue weighted by atomic mass is 16.5. The Hall–Kier alpha value is -3.80. The maximum atomic E-state index is 12.3. The normalized spacial score (nSPS) is 11.7. The number of hydrogen-bond acceptors (Lipinski definition) is 5. The Labute approximate surface area is 195 Å². The molecule has 1 atom stereocenters. The third kappa shape index (κ3) is 8.33. The molecule has 0 aliphatic rings. The first-order chi connectivity index (χ1) is 16.1. The molecule has 1 N–H and O–H groups in total. The Morgan fingerprint density at radius 1 is 0.909 bits per heavy atom. The molecule has 0 radical (unpaired) electrons. The number of rotatable bonds is 12. The van der Waals surface area contributed by atoms with E-state index in [1.54, 1.807) is 25.3 Å². The number of hydrogen-bond donors (Lipinski definition) is 1. The van der Waals surface area contributed by atoms with E-state index in [1.807, 2.05) is 66.7 Å². The average Bonchev–Trinajstić information content (AvgIpc) is 2.85. The molecule has 3 aromatic rings. The highest BCUT2D eigenvalue weighted by Gasteiger charge is 2.14. The fourth-order valence-corrected chi connectivity index (χ4v) is 2.86. The lowest BCUT2D eigenvalue weighted by molar-refractivity contribution is -0.127. The van der Waals surface area contributed by atoms with Crippen molar-refractivity contribution in [2.45, 2.75) is 39.4 Å². The molecule has 6 nitrogen and oxygen atoms in total. The van der Waals surface area contributed by atoms with Gasteiger partial charge in [0.05, 0.1) is 12.8 Å². The molecular formula is C27H30N2O4. The SMILES string of the molecule is CCCCOc1ccc(C=NNC(=O)C(C)Oc2ccc(OCc3ccccc3)cc2)cc1. The molecule has 0 saturated carbocycles. The fourth-order valence-electron chi connectivity index (χ4n) is 2.86. The van der Waals surface area contributed by atoms with Crippen molar-refractivity contribution in [2.75, 3.05) is 6.61 Å². The smallest absolute Gasteiger partial charge is 0.280 e. The lowest BCUT2D eigenvalue weighted by Crippen LogP contribution is -2.33. The lowest BCUT2D eigenvalue weighted by atomic mass is 10.2. The second-order valence-electron chi connectivity index (χ2n) is 7.51. The van der Waals surface area contributed by atoms with Gasteiger partial charge in [-0.3, -0.25) is 4.79 Å². The maximum Gasteiger partial charge on any atom is 0.280 e. The Bertz CT molecular complexity index is 1000. The first-order valence-corrected chi connectivity index (χ1v) is 11.1. The van der Waals surface area contributed by atoms with Crippen molar-refractivity contribution in [3.8, 4) is 17.2 Å². The predicted octanol–water partition coefficient (Wildman–Crippen LogP) is 5.36. The van der Waals surface area contributed by atoms with E-state index >= 15 is 0 Å². The van der Waals surface area contributed by atoms with Crippen molar-refractivity contribution in [1.29, 1.82) is 0 Å². The van der Waals surface area contributed by atoms with Crippen LogP contribution in [0, 0.1) is 0 Å². The number of ether oxygens (including phenoxy) is 3. The number of hydrazone groups is 1. The van der Waals surface area contributed by atoms with Crippen molar-refractivity contribution in [1.82, 2.24) is 5.43 Å². The van der Waals surface area contributed by atoms with E-state index in [0.29, 0.717) is 19.0 Å². The minimum absolute atomic E-state index is 0.338. The van der Waals surface area contributed by atoms with Crippen LogP contribution in [0.3, 0.4) is 0 Å². The van der Waals surface area contributed by atoms with Crippen LogP contribution in [0.5, 0.6) is 17.2 Å². The summed E-state index contributed by atoms with van der Waals surface area (Å²) in [5.41, 5.74) is 4.46. The Kier molecular flexibility index (Phi) is 9.33. The van der Waals surface area contributed by atoms with Crippen LogP contribution < -0.4 is 19.6 Å². The number of carbonyl (C=O) groups is 1. The van der Waals surface area contributed by atoms with E-state index in [-0.39, 0.29) is 5.91 Å². The minimum atomic E-state index is -0.701. The third-order valence-corrected chi connectivity index (χ3v) is 4.79. The number of nitrogens with zero attached hydrogens (tertiary/aromatic N) is 1. The lowest BCUT2D eigenvalue weighted by Gasteiger charge is -2.13. The molecule has 1 unspecified atom stereocenters. The van der Waals surface area contributed by atoms with Gasteiger partial charge in [-0.2, -0.15) is 5.10 Å². The summed E-state index contributed by atoms with van der Waals surface area (Å²) in [7, 11) is 0. The highest BCUT2D eigenvalue weighted by Crippen LogP contribution is 2.20. The van der Waals surface area contributed by atoms with Gasteiger partial charge in [-0.05, 0) is 73.0 Å². The molecular weight excluding hydrogens is 416 g/mol. The van der Waals surface area contributed by atoms with Crippen molar-refractivity contribution < 1.29 is 19.0 Å². The van der Waals surface area contributed by atoms with Crippen molar-refractivity contribution in [3.63, 3.8) is 0 Å². The molecule has 172 valence electrons. The topological polar surface area (TPSA) is 69.2 Å². The summed E-state index contributed by atoms with van der Waals surface area (Å²) in [6.07, 6.45) is 3.01. The maximum absolute atomic E-state index is 12.3. The van der Waals surface area contributed by atoms with Gasteiger partial charge in [-0.1, -0.05) is 43.7 Å². The molecule has 0 heterocycles. The summed E-state index contributed by atoms with van der Waals surface area (Å²) >= 11 is 0. The monoisotopic (exact) mass is 446 g/mol. The highest BCUT2D eigenvalue weighted by molar-refractivity contribution is 5.84. The van der Waals surface area contributed by atoms with Gasteiger partial charge in [-0.15, -0.1) is 0 Å². The van der Waals surface area contributed by atoms with Gasteiger partial charge in [-0.25, -0.2) is 5.43 Å². The standard InChI is InChI=1S/C27H30N2O4/c1-3-4-18-31-24-12-10-22(11-13-24)19-28-29-27(30)21(2)33-26-16-14-25(15-17-26)32-20-23-8-6-5-7-9-23/h5-17,19,21H,3-4,18,20H2,1-2H3,(H,29,30). The van der Waals surface area contributed by atoms with E-state index in [4.69, 9.17) is 14.2 Å². The third-order valence-electron chi connectivity index (χ3n) is 4.79. The molecule has 0 spiro atoms. The van der Waals surface area contributed by atoms with Crippen LogP contribution in [0.2, 0.25) is 0 Å². The average molecular weight is 447 g/mol. The molecule has 0 bridgehead atoms. The summed E-state index contributed by atoms with van der Waals surface area (Å²) in [6.45, 7) is 5.00. The number of nitrogens with one attached hydrogen (secondary N) is 1. The number of benzene rings is 3. The van der Waals surface area contributed by atoms with Crippen molar-refractivity contribution >= 4 is 12.1 Å². The van der Waals surface area contributed by atoms with Crippen LogP contribution in [0.25, 0.3) is 0 Å². The van der Waals surface area contributed by atoms with Gasteiger partial charge in [0.15, 0.2) is 6.10 Å². The molecule has 0 fully saturated rings. The molecule has 33 heavy (non-hydrogen) atoms. The largest absolute Gasteiger partial charge is 0.494 e. The molecule has 1 amide bonds. The Morgan fingerprint density at radius 3 is 2.24 bits per heavy atom. The fraction of sp³-hybridized carbons (Fsp3) is 0.259. The molecule has 3 rings (SSSR count). The number of carbonyl (C=O) groups excluding carboxylic acids is 1. The molecule has 0 aliphatic carbocycles. The number of amides is 1. The zero-order valence-electron chi connectivity index (χ0n) is 19.1. The summed E-state index contributed by atoms with van der Waals surface area (Å²) < 4.78 is 17.1. The van der Waals surface area contributed by atoms with E-state index in [2.05, 4.69) is 17.5 Å². The second kappa shape index (κ2) is 12.9. The summed E-state index contributed by atoms with van der Waals surface area (Å²) in [6, 6.07) is 24.7. The second-order valence-corrected chi connectivity index (χ2v) is 7.51. The first kappa shape index (κ1) is 23.9. The minimum Gasteiger partial charge on any atom is -0.494 e. The van der Waals surface area contributed by atoms with Crippen LogP contribution in [0.4, 0.5) is 0 Å². The first-order valence-electron chi connectivity index (χ1n) is 11.1. The van der Waals surface area contributed by atoms with Gasteiger partial charge in [0, 0.05) is 0 Å². The van der Waals surface area contributed by atoms with Crippen LogP contribution in [0.15, 0.2) is 84.0 Å². The van der Waals surface area contributed by atoms with Crippen LogP contribution in [0.1, 0.15) is 37.8 Å². The predicted molar refractivity (Wildman–Crippen MR) is 130 cm³/mol. The van der Waals surface area contributed by atoms with Gasteiger partial charge in [0.25, 0.3) is 5.91 Å². The summed E-state index contributed by atoms with van der Waals surface area (Å²) in [5, 5.41) is 4.01. The number of unbranched alkanes of at least 4 members (excludes halogenated alkanes) is 1.